The fourth-order valence-electron chi connectivity index (χ4n) is 0.376. The van der Waals surface area contributed by atoms with Crippen molar-refractivity contribution in [2.75, 3.05) is 18.9 Å². The first-order valence-corrected chi connectivity index (χ1v) is 4.62. The summed E-state index contributed by atoms with van der Waals surface area (Å²) >= 11 is 0. The molecule has 0 amide bonds. The first kappa shape index (κ1) is 20.0. The molecule has 0 aliphatic heterocycles. The number of Topliss-reactive ketones (excluding diaryl/α,β-unsaturated/α-hetero) is 1. The standard InChI is InChI=1S/C5H11NO4S.2Na/c1-5(7)4-10-11(8,9)3-2-6;;/h2-4,6H2,1H3;;. The second kappa shape index (κ2) is 10.1. The van der Waals surface area contributed by atoms with Gasteiger partial charge in [0.2, 0.25) is 0 Å². The molecular formula is C5H11NNa2O4S. The van der Waals surface area contributed by atoms with Crippen molar-refractivity contribution in [2.24, 2.45) is 5.73 Å². The van der Waals surface area contributed by atoms with Gasteiger partial charge in [0.25, 0.3) is 10.1 Å². The Balaban J connectivity index is -0.000000500. The fraction of sp³-hybridized carbons (Fsp3) is 0.800. The number of carbonyl (C=O) groups is 1. The van der Waals surface area contributed by atoms with E-state index in [9.17, 15) is 13.2 Å². The van der Waals surface area contributed by atoms with Gasteiger partial charge in [0.05, 0.1) is 5.75 Å². The van der Waals surface area contributed by atoms with Crippen LogP contribution in [0.1, 0.15) is 6.92 Å². The largest absolute Gasteiger partial charge is 0.329 e. The molecule has 0 aromatic rings. The van der Waals surface area contributed by atoms with Gasteiger partial charge in [-0.25, -0.2) is 0 Å². The maximum atomic E-state index is 10.7. The summed E-state index contributed by atoms with van der Waals surface area (Å²) in [6.07, 6.45) is 0. The number of nitrogens with two attached hydrogens (primary N) is 1. The average molecular weight is 227 g/mol. The van der Waals surface area contributed by atoms with Gasteiger partial charge in [-0.3, -0.25) is 8.98 Å². The minimum absolute atomic E-state index is 0. The van der Waals surface area contributed by atoms with Crippen LogP contribution in [0.2, 0.25) is 0 Å². The monoisotopic (exact) mass is 227 g/mol. The molecule has 5 nitrogen and oxygen atoms in total. The quantitative estimate of drug-likeness (QED) is 0.438. The van der Waals surface area contributed by atoms with E-state index < -0.39 is 16.7 Å². The Morgan fingerprint density at radius 1 is 1.38 bits per heavy atom. The van der Waals surface area contributed by atoms with E-state index >= 15 is 0 Å². The maximum Gasteiger partial charge on any atom is 0.268 e. The number of hydrogen-bond donors (Lipinski definition) is 1. The van der Waals surface area contributed by atoms with Crippen molar-refractivity contribution < 1.29 is 17.4 Å². The van der Waals surface area contributed by atoms with Gasteiger partial charge in [0, 0.05) is 65.7 Å². The third kappa shape index (κ3) is 13.5. The zero-order valence-electron chi connectivity index (χ0n) is 8.24. The Bertz CT molecular complexity index is 229. The Morgan fingerprint density at radius 3 is 2.15 bits per heavy atom. The first-order chi connectivity index (χ1) is 4.98. The fourth-order valence-corrected chi connectivity index (χ4v) is 1.13. The molecule has 0 aliphatic rings. The molecule has 68 valence electrons. The molecule has 0 unspecified atom stereocenters. The molecule has 2 radical (unpaired) electrons. The molecule has 0 aromatic heterocycles. The van der Waals surface area contributed by atoms with E-state index in [0.717, 1.165) is 0 Å². The van der Waals surface area contributed by atoms with Crippen molar-refractivity contribution in [2.45, 2.75) is 6.92 Å². The van der Waals surface area contributed by atoms with Crippen LogP contribution < -0.4 is 5.73 Å². The van der Waals surface area contributed by atoms with Crippen molar-refractivity contribution in [1.29, 1.82) is 0 Å². The van der Waals surface area contributed by atoms with Crippen molar-refractivity contribution >= 4 is 75.0 Å². The van der Waals surface area contributed by atoms with Crippen LogP contribution in [-0.4, -0.2) is 92.2 Å². The molecule has 0 aromatic carbocycles. The van der Waals surface area contributed by atoms with Crippen molar-refractivity contribution in [1.82, 2.24) is 0 Å². The van der Waals surface area contributed by atoms with Crippen LogP contribution in [0.3, 0.4) is 0 Å². The zero-order valence-corrected chi connectivity index (χ0v) is 13.1. The van der Waals surface area contributed by atoms with Crippen LogP contribution in [0.5, 0.6) is 0 Å². The van der Waals surface area contributed by atoms with Gasteiger partial charge < -0.3 is 5.73 Å². The van der Waals surface area contributed by atoms with E-state index in [2.05, 4.69) is 4.18 Å². The summed E-state index contributed by atoms with van der Waals surface area (Å²) in [6.45, 7) is 0.848. The van der Waals surface area contributed by atoms with Gasteiger partial charge in [-0.15, -0.1) is 0 Å². The summed E-state index contributed by atoms with van der Waals surface area (Å²) in [5, 5.41) is 0. The van der Waals surface area contributed by atoms with Gasteiger partial charge in [0.15, 0.2) is 5.78 Å². The third-order valence-corrected chi connectivity index (χ3v) is 2.02. The molecule has 2 N–H and O–H groups in total. The summed E-state index contributed by atoms with van der Waals surface area (Å²) in [4.78, 5) is 10.3. The van der Waals surface area contributed by atoms with Crippen LogP contribution in [0, 0.1) is 0 Å². The van der Waals surface area contributed by atoms with Crippen molar-refractivity contribution in [3.63, 3.8) is 0 Å². The molecule has 0 saturated carbocycles. The molecule has 0 spiro atoms. The van der Waals surface area contributed by atoms with Crippen LogP contribution >= 0.6 is 0 Å². The Hall–Kier alpha value is 1.54. The molecule has 0 atom stereocenters. The van der Waals surface area contributed by atoms with Crippen LogP contribution in [0.25, 0.3) is 0 Å². The molecule has 0 aliphatic carbocycles. The Morgan fingerprint density at radius 2 is 1.85 bits per heavy atom. The minimum atomic E-state index is -3.57. The van der Waals surface area contributed by atoms with Crippen LogP contribution in [0.4, 0.5) is 0 Å². The second-order valence-corrected chi connectivity index (χ2v) is 3.77. The summed E-state index contributed by atoms with van der Waals surface area (Å²) in [5.74, 6) is -0.578. The van der Waals surface area contributed by atoms with Crippen molar-refractivity contribution in [3.8, 4) is 0 Å². The van der Waals surface area contributed by atoms with E-state index in [0.29, 0.717) is 0 Å². The van der Waals surface area contributed by atoms with Gasteiger partial charge >= 0.3 is 0 Å². The molecule has 0 rings (SSSR count). The van der Waals surface area contributed by atoms with E-state index in [1.54, 1.807) is 0 Å². The van der Waals surface area contributed by atoms with Gasteiger partial charge in [0.1, 0.15) is 6.61 Å². The molecule has 8 heteroatoms. The van der Waals surface area contributed by atoms with Crippen molar-refractivity contribution in [3.05, 3.63) is 0 Å². The third-order valence-electron chi connectivity index (χ3n) is 0.810. The first-order valence-electron chi connectivity index (χ1n) is 3.04. The molecule has 13 heavy (non-hydrogen) atoms. The summed E-state index contributed by atoms with van der Waals surface area (Å²) in [7, 11) is -3.57. The summed E-state index contributed by atoms with van der Waals surface area (Å²) in [6, 6.07) is 0. The molecule has 0 saturated heterocycles. The smallest absolute Gasteiger partial charge is 0.268 e. The second-order valence-electron chi connectivity index (χ2n) is 2.01. The van der Waals surface area contributed by atoms with E-state index in [1.807, 2.05) is 0 Å². The minimum Gasteiger partial charge on any atom is -0.329 e. The number of ketones is 1. The normalized spacial score (nSPS) is 9.69. The van der Waals surface area contributed by atoms with E-state index in [-0.39, 0.29) is 77.2 Å². The summed E-state index contributed by atoms with van der Waals surface area (Å²) in [5.41, 5.74) is 4.98. The molecule has 0 fully saturated rings. The SMILES string of the molecule is CC(=O)COS(=O)(=O)CCN.[Na].[Na]. The van der Waals surface area contributed by atoms with E-state index in [4.69, 9.17) is 5.73 Å². The molecular weight excluding hydrogens is 216 g/mol. The van der Waals surface area contributed by atoms with Gasteiger partial charge in [-0.05, 0) is 6.92 Å². The number of hydrogen-bond acceptors (Lipinski definition) is 5. The number of carbonyl (C=O) groups excluding carboxylic acids is 1. The molecule has 0 bridgehead atoms. The van der Waals surface area contributed by atoms with Gasteiger partial charge in [-0.1, -0.05) is 0 Å². The Labute approximate surface area is 122 Å². The zero-order chi connectivity index (χ0) is 8.91. The average Bonchev–Trinajstić information content (AvgIpc) is 1.84. The number of rotatable bonds is 5. The Kier molecular flexibility index (Phi) is 15.5. The predicted molar refractivity (Wildman–Crippen MR) is 51.0 cm³/mol. The van der Waals surface area contributed by atoms with Crippen LogP contribution in [0.15, 0.2) is 0 Å². The van der Waals surface area contributed by atoms with E-state index in [1.165, 1.54) is 6.92 Å². The topological polar surface area (TPSA) is 86.5 Å². The summed E-state index contributed by atoms with van der Waals surface area (Å²) < 4.78 is 25.6. The van der Waals surface area contributed by atoms with Gasteiger partial charge in [-0.2, -0.15) is 8.42 Å². The van der Waals surface area contributed by atoms with Crippen LogP contribution in [-0.2, 0) is 19.1 Å². The molecule has 0 heterocycles. The predicted octanol–water partition coefficient (Wildman–Crippen LogP) is -1.88. The maximum absolute atomic E-state index is 10.7.